The molecule has 0 unspecified atom stereocenters. The maximum Gasteiger partial charge on any atom is 0.433 e. The van der Waals surface area contributed by atoms with Crippen molar-refractivity contribution in [1.29, 1.82) is 0 Å². The van der Waals surface area contributed by atoms with Crippen molar-refractivity contribution in [3.63, 3.8) is 0 Å². The maximum absolute atomic E-state index is 13.0. The van der Waals surface area contributed by atoms with Gasteiger partial charge in [-0.1, -0.05) is 0 Å². The summed E-state index contributed by atoms with van der Waals surface area (Å²) >= 11 is 0.873. The number of aromatic nitrogens is 1. The Hall–Kier alpha value is -3.34. The molecule has 3 rings (SSSR count). The van der Waals surface area contributed by atoms with Crippen molar-refractivity contribution in [1.82, 2.24) is 4.98 Å². The van der Waals surface area contributed by atoms with Crippen molar-refractivity contribution < 1.29 is 32.2 Å². The number of methoxy groups -OCH3 is 1. The van der Waals surface area contributed by atoms with Gasteiger partial charge in [0, 0.05) is 11.1 Å². The predicted octanol–water partition coefficient (Wildman–Crippen LogP) is 6.23. The number of pyridine rings is 1. The molecule has 3 aromatic rings. The highest BCUT2D eigenvalue weighted by atomic mass is 32.1. The lowest BCUT2D eigenvalue weighted by atomic mass is 10.1. The van der Waals surface area contributed by atoms with Crippen LogP contribution in [0.4, 0.5) is 29.3 Å². The maximum atomic E-state index is 13.0. The van der Waals surface area contributed by atoms with Crippen LogP contribution in [0.1, 0.15) is 41.7 Å². The van der Waals surface area contributed by atoms with Gasteiger partial charge in [-0.05, 0) is 63.6 Å². The fourth-order valence-corrected chi connectivity index (χ4v) is 4.03. The second-order valence-corrected chi connectivity index (χ2v) is 9.10. The van der Waals surface area contributed by atoms with Crippen LogP contribution in [0.25, 0.3) is 10.2 Å². The first-order chi connectivity index (χ1) is 15.3. The third-order valence-corrected chi connectivity index (χ3v) is 5.59. The molecule has 0 atom stereocenters. The number of aryl methyl sites for hydroxylation is 1. The van der Waals surface area contributed by atoms with E-state index in [0.29, 0.717) is 22.4 Å². The number of nitrogens with zero attached hydrogens (tertiary/aromatic N) is 1. The molecule has 0 fully saturated rings. The van der Waals surface area contributed by atoms with Gasteiger partial charge >= 0.3 is 12.3 Å². The lowest BCUT2D eigenvalue weighted by Crippen LogP contribution is -2.27. The van der Waals surface area contributed by atoms with Crippen LogP contribution in [-0.2, 0) is 10.9 Å². The molecule has 0 bridgehead atoms. The van der Waals surface area contributed by atoms with Crippen LogP contribution in [-0.4, -0.2) is 29.7 Å². The fraction of sp³-hybridized carbons (Fsp3) is 0.318. The van der Waals surface area contributed by atoms with Crippen LogP contribution in [0.3, 0.4) is 0 Å². The minimum absolute atomic E-state index is 0.120. The highest BCUT2D eigenvalue weighted by Gasteiger charge is 2.33. The van der Waals surface area contributed by atoms with Crippen molar-refractivity contribution in [3.05, 3.63) is 46.5 Å². The molecule has 0 aliphatic rings. The van der Waals surface area contributed by atoms with Crippen LogP contribution in [0.15, 0.2) is 30.3 Å². The van der Waals surface area contributed by atoms with E-state index in [1.807, 2.05) is 0 Å². The van der Waals surface area contributed by atoms with Crippen molar-refractivity contribution in [2.24, 2.45) is 0 Å². The van der Waals surface area contributed by atoms with Crippen LogP contribution >= 0.6 is 11.3 Å². The van der Waals surface area contributed by atoms with E-state index in [2.05, 4.69) is 15.6 Å². The largest absolute Gasteiger partial charge is 0.495 e. The van der Waals surface area contributed by atoms with E-state index in [1.54, 1.807) is 39.8 Å². The first-order valence-electron chi connectivity index (χ1n) is 9.75. The number of rotatable bonds is 4. The Balaban J connectivity index is 1.86. The van der Waals surface area contributed by atoms with Crippen LogP contribution in [0.2, 0.25) is 0 Å². The van der Waals surface area contributed by atoms with Crippen LogP contribution in [0, 0.1) is 6.92 Å². The number of nitrogens with one attached hydrogen (secondary N) is 2. The molecule has 0 saturated heterocycles. The molecule has 2 N–H and O–H groups in total. The summed E-state index contributed by atoms with van der Waals surface area (Å²) < 4.78 is 49.4. The van der Waals surface area contributed by atoms with Gasteiger partial charge in [0.25, 0.3) is 5.91 Å². The molecule has 0 radical (unpaired) electrons. The molecular formula is C22H22F3N3O4S. The number of hydrogen-bond donors (Lipinski definition) is 2. The summed E-state index contributed by atoms with van der Waals surface area (Å²) in [5.41, 5.74) is -0.589. The quantitative estimate of drug-likeness (QED) is 0.461. The fourth-order valence-electron chi connectivity index (χ4n) is 2.96. The Morgan fingerprint density at radius 1 is 1.06 bits per heavy atom. The van der Waals surface area contributed by atoms with Crippen molar-refractivity contribution in [3.8, 4) is 5.75 Å². The molecule has 2 amide bonds. The Morgan fingerprint density at radius 2 is 1.76 bits per heavy atom. The molecule has 0 aliphatic heterocycles. The molecular weight excluding hydrogens is 459 g/mol. The SMILES string of the molecule is COc1ccc(NC(=O)c2sc3nc(C(F)(F)F)ccc3c2C)cc1NC(=O)OC(C)(C)C. The zero-order chi connectivity index (χ0) is 24.6. The smallest absolute Gasteiger partial charge is 0.433 e. The molecule has 2 heterocycles. The normalized spacial score (nSPS) is 11.9. The molecule has 0 aliphatic carbocycles. The second-order valence-electron chi connectivity index (χ2n) is 8.10. The van der Waals surface area contributed by atoms with Crippen molar-refractivity contribution in [2.45, 2.75) is 39.5 Å². The van der Waals surface area contributed by atoms with Gasteiger partial charge in [-0.3, -0.25) is 10.1 Å². The topological polar surface area (TPSA) is 89.5 Å². The number of amides is 2. The number of fused-ring (bicyclic) bond motifs is 1. The molecule has 0 spiro atoms. The minimum Gasteiger partial charge on any atom is -0.495 e. The number of hydrogen-bond acceptors (Lipinski definition) is 6. The van der Waals surface area contributed by atoms with Gasteiger partial charge in [0.2, 0.25) is 0 Å². The lowest BCUT2D eigenvalue weighted by Gasteiger charge is -2.20. The first kappa shape index (κ1) is 24.3. The van der Waals surface area contributed by atoms with Gasteiger partial charge in [-0.2, -0.15) is 13.2 Å². The molecule has 33 heavy (non-hydrogen) atoms. The van der Waals surface area contributed by atoms with Gasteiger partial charge in [0.1, 0.15) is 21.9 Å². The van der Waals surface area contributed by atoms with Gasteiger partial charge in [-0.15, -0.1) is 11.3 Å². The average molecular weight is 481 g/mol. The average Bonchev–Trinajstić information content (AvgIpc) is 3.02. The highest BCUT2D eigenvalue weighted by Crippen LogP contribution is 2.35. The Morgan fingerprint density at radius 3 is 2.36 bits per heavy atom. The number of ether oxygens (including phenoxy) is 2. The zero-order valence-electron chi connectivity index (χ0n) is 18.5. The summed E-state index contributed by atoms with van der Waals surface area (Å²) in [5, 5.41) is 5.74. The van der Waals surface area contributed by atoms with Crippen molar-refractivity contribution in [2.75, 3.05) is 17.7 Å². The summed E-state index contributed by atoms with van der Waals surface area (Å²) in [5.74, 6) is -0.168. The monoisotopic (exact) mass is 481 g/mol. The highest BCUT2D eigenvalue weighted by molar-refractivity contribution is 7.20. The first-order valence-corrected chi connectivity index (χ1v) is 10.6. The van der Waals surface area contributed by atoms with Crippen LogP contribution in [0.5, 0.6) is 5.75 Å². The number of halogens is 3. The van der Waals surface area contributed by atoms with Crippen molar-refractivity contribution >= 4 is 44.9 Å². The van der Waals surface area contributed by atoms with Crippen LogP contribution < -0.4 is 15.4 Å². The minimum atomic E-state index is -4.57. The molecule has 176 valence electrons. The Bertz CT molecular complexity index is 1220. The zero-order valence-corrected chi connectivity index (χ0v) is 19.3. The number of carbonyl (C=O) groups excluding carboxylic acids is 2. The summed E-state index contributed by atoms with van der Waals surface area (Å²) in [6.45, 7) is 6.81. The summed E-state index contributed by atoms with van der Waals surface area (Å²) in [6.07, 6.45) is -5.27. The lowest BCUT2D eigenvalue weighted by molar-refractivity contribution is -0.140. The van der Waals surface area contributed by atoms with E-state index in [-0.39, 0.29) is 15.4 Å². The van der Waals surface area contributed by atoms with E-state index in [1.165, 1.54) is 19.2 Å². The molecule has 1 aromatic carbocycles. The Labute approximate surface area is 191 Å². The molecule has 0 saturated carbocycles. The van der Waals surface area contributed by atoms with E-state index >= 15 is 0 Å². The molecule has 11 heteroatoms. The van der Waals surface area contributed by atoms with Gasteiger partial charge in [0.15, 0.2) is 0 Å². The number of benzene rings is 1. The van der Waals surface area contributed by atoms with E-state index in [4.69, 9.17) is 9.47 Å². The summed E-state index contributed by atoms with van der Waals surface area (Å²) in [7, 11) is 1.43. The summed E-state index contributed by atoms with van der Waals surface area (Å²) in [4.78, 5) is 29.0. The summed E-state index contributed by atoms with van der Waals surface area (Å²) in [6, 6.07) is 6.81. The Kier molecular flexibility index (Phi) is 6.55. The third-order valence-electron chi connectivity index (χ3n) is 4.39. The number of carbonyl (C=O) groups is 2. The second kappa shape index (κ2) is 8.89. The number of thiophene rings is 1. The third kappa shape index (κ3) is 5.72. The van der Waals surface area contributed by atoms with E-state index in [0.717, 1.165) is 17.4 Å². The number of anilines is 2. The van der Waals surface area contributed by atoms with Gasteiger partial charge < -0.3 is 14.8 Å². The predicted molar refractivity (Wildman–Crippen MR) is 120 cm³/mol. The van der Waals surface area contributed by atoms with E-state index in [9.17, 15) is 22.8 Å². The van der Waals surface area contributed by atoms with Gasteiger partial charge in [0.05, 0.1) is 17.7 Å². The molecule has 7 nitrogen and oxygen atoms in total. The standard InChI is InChI=1S/C22H22F3N3O4S/c1-11-13-7-9-16(22(23,24)25)28-19(13)33-17(11)18(29)26-12-6-8-15(31-5)14(10-12)27-20(30)32-21(2,3)4/h6-10H,1-5H3,(H,26,29)(H,27,30). The van der Waals surface area contributed by atoms with E-state index < -0.39 is 29.5 Å². The van der Waals surface area contributed by atoms with Gasteiger partial charge in [-0.25, -0.2) is 9.78 Å². The molecule has 2 aromatic heterocycles. The number of alkyl halides is 3.